The minimum Gasteiger partial charge on any atom is -0.479 e. The highest BCUT2D eigenvalue weighted by Crippen LogP contribution is 2.21. The lowest BCUT2D eigenvalue weighted by molar-refractivity contribution is -0.141. The van der Waals surface area contributed by atoms with E-state index in [1.54, 1.807) is 27.7 Å². The molecule has 17 heavy (non-hydrogen) atoms. The number of hydrogen-bond acceptors (Lipinski definition) is 3. The van der Waals surface area contributed by atoms with E-state index in [4.69, 9.17) is 9.84 Å². The van der Waals surface area contributed by atoms with Crippen LogP contribution in [0.5, 0.6) is 0 Å². The zero-order chi connectivity index (χ0) is 13.2. The van der Waals surface area contributed by atoms with E-state index in [0.717, 1.165) is 0 Å². The van der Waals surface area contributed by atoms with Gasteiger partial charge in [0.15, 0.2) is 6.04 Å². The largest absolute Gasteiger partial charge is 0.479 e. The Kier molecular flexibility index (Phi) is 3.80. The number of amides is 1. The van der Waals surface area contributed by atoms with E-state index in [0.29, 0.717) is 18.5 Å². The summed E-state index contributed by atoms with van der Waals surface area (Å²) in [6.45, 7) is 7.37. The number of aliphatic carboxylic acids is 1. The molecule has 1 aliphatic rings. The Labute approximate surface area is 101 Å². The molecule has 0 aromatic carbocycles. The molecule has 96 valence electrons. The number of rotatable bonds is 1. The van der Waals surface area contributed by atoms with E-state index in [9.17, 15) is 9.59 Å². The summed E-state index contributed by atoms with van der Waals surface area (Å²) in [6, 6.07) is -0.904. The molecular formula is C12H19NO4. The van der Waals surface area contributed by atoms with Crippen LogP contribution < -0.4 is 0 Å². The average molecular weight is 241 g/mol. The number of carboxylic acids is 1. The van der Waals surface area contributed by atoms with Crippen LogP contribution in [0, 0.1) is 0 Å². The highest BCUT2D eigenvalue weighted by atomic mass is 16.6. The molecule has 0 fully saturated rings. The van der Waals surface area contributed by atoms with Crippen molar-refractivity contribution in [3.05, 3.63) is 11.6 Å². The van der Waals surface area contributed by atoms with Crippen molar-refractivity contribution in [2.45, 2.75) is 45.8 Å². The molecular weight excluding hydrogens is 222 g/mol. The molecule has 0 bridgehead atoms. The zero-order valence-corrected chi connectivity index (χ0v) is 10.7. The minimum absolute atomic E-state index is 0.378. The lowest BCUT2D eigenvalue weighted by Crippen LogP contribution is -2.49. The van der Waals surface area contributed by atoms with Gasteiger partial charge < -0.3 is 9.84 Å². The summed E-state index contributed by atoms with van der Waals surface area (Å²) in [6.07, 6.45) is 1.94. The molecule has 0 aromatic rings. The molecule has 0 aromatic heterocycles. The maximum Gasteiger partial charge on any atom is 0.411 e. The van der Waals surface area contributed by atoms with Crippen LogP contribution in [0.2, 0.25) is 0 Å². The maximum absolute atomic E-state index is 11.9. The molecule has 0 aliphatic carbocycles. The van der Waals surface area contributed by atoms with Gasteiger partial charge in [-0.1, -0.05) is 6.08 Å². The number of carbonyl (C=O) groups excluding carboxylic acids is 1. The molecule has 1 amide bonds. The van der Waals surface area contributed by atoms with Gasteiger partial charge in [0.1, 0.15) is 5.60 Å². The van der Waals surface area contributed by atoms with Crippen LogP contribution in [0.25, 0.3) is 0 Å². The molecule has 0 saturated carbocycles. The second-order valence-corrected chi connectivity index (χ2v) is 5.15. The van der Waals surface area contributed by atoms with Crippen molar-refractivity contribution in [1.82, 2.24) is 4.90 Å². The molecule has 0 spiro atoms. The summed E-state index contributed by atoms with van der Waals surface area (Å²) in [7, 11) is 0. The van der Waals surface area contributed by atoms with Crippen molar-refractivity contribution in [3.8, 4) is 0 Å². The first-order valence-electron chi connectivity index (χ1n) is 5.61. The van der Waals surface area contributed by atoms with Gasteiger partial charge in [0.2, 0.25) is 0 Å². The molecule has 0 radical (unpaired) electrons. The summed E-state index contributed by atoms with van der Waals surface area (Å²) in [4.78, 5) is 24.3. The Hall–Kier alpha value is -1.52. The predicted octanol–water partition coefficient (Wildman–Crippen LogP) is 2.03. The molecule has 1 heterocycles. The van der Waals surface area contributed by atoms with Crippen molar-refractivity contribution in [2.24, 2.45) is 0 Å². The second kappa shape index (κ2) is 4.77. The van der Waals surface area contributed by atoms with E-state index >= 15 is 0 Å². The molecule has 5 nitrogen and oxygen atoms in total. The number of carboxylic acid groups (broad SMARTS) is 1. The molecule has 0 unspecified atom stereocenters. The summed E-state index contributed by atoms with van der Waals surface area (Å²) < 4.78 is 5.20. The minimum atomic E-state index is -1.02. The van der Waals surface area contributed by atoms with Crippen molar-refractivity contribution >= 4 is 12.1 Å². The first-order valence-corrected chi connectivity index (χ1v) is 5.61. The summed E-state index contributed by atoms with van der Waals surface area (Å²) in [5.74, 6) is -1.02. The first kappa shape index (κ1) is 13.5. The van der Waals surface area contributed by atoms with Crippen molar-refractivity contribution in [1.29, 1.82) is 0 Å². The van der Waals surface area contributed by atoms with E-state index in [2.05, 4.69) is 0 Å². The van der Waals surface area contributed by atoms with Crippen LogP contribution >= 0.6 is 0 Å². The number of nitrogens with zero attached hydrogens (tertiary/aromatic N) is 1. The summed E-state index contributed by atoms with van der Waals surface area (Å²) in [5, 5.41) is 9.14. The van der Waals surface area contributed by atoms with Gasteiger partial charge in [-0.15, -0.1) is 0 Å². The average Bonchev–Trinajstić information content (AvgIpc) is 2.13. The van der Waals surface area contributed by atoms with Crippen molar-refractivity contribution in [3.63, 3.8) is 0 Å². The fraction of sp³-hybridized carbons (Fsp3) is 0.667. The SMILES string of the molecule is CC1=CCCN(C(=O)OC(C)(C)C)[C@@H]1C(=O)O. The fourth-order valence-electron chi connectivity index (χ4n) is 1.76. The number of ether oxygens (including phenoxy) is 1. The predicted molar refractivity (Wildman–Crippen MR) is 62.7 cm³/mol. The topological polar surface area (TPSA) is 66.8 Å². The maximum atomic E-state index is 11.9. The molecule has 1 rings (SSSR count). The molecule has 0 saturated heterocycles. The monoisotopic (exact) mass is 241 g/mol. The molecule has 1 N–H and O–H groups in total. The number of carbonyl (C=O) groups is 2. The lowest BCUT2D eigenvalue weighted by atomic mass is 10.0. The van der Waals surface area contributed by atoms with Crippen molar-refractivity contribution in [2.75, 3.05) is 6.54 Å². The Morgan fingerprint density at radius 3 is 2.53 bits per heavy atom. The van der Waals surface area contributed by atoms with Crippen LogP contribution in [0.3, 0.4) is 0 Å². The highest BCUT2D eigenvalue weighted by molar-refractivity contribution is 5.83. The quantitative estimate of drug-likeness (QED) is 0.713. The standard InChI is InChI=1S/C12H19NO4/c1-8-6-5-7-13(9(8)10(14)15)11(16)17-12(2,3)4/h6,9H,5,7H2,1-4H3,(H,14,15)/t9-/m0/s1. The third-order valence-corrected chi connectivity index (χ3v) is 2.44. The van der Waals surface area contributed by atoms with Gasteiger partial charge in [-0.3, -0.25) is 4.90 Å². The molecule has 5 heteroatoms. The molecule has 1 aliphatic heterocycles. The Morgan fingerprint density at radius 2 is 2.06 bits per heavy atom. The van der Waals surface area contributed by atoms with Gasteiger partial charge in [-0.2, -0.15) is 0 Å². The van der Waals surface area contributed by atoms with Gasteiger partial charge in [-0.25, -0.2) is 9.59 Å². The Balaban J connectivity index is 2.85. The van der Waals surface area contributed by atoms with Crippen LogP contribution in [0.15, 0.2) is 11.6 Å². The third kappa shape index (κ3) is 3.47. The van der Waals surface area contributed by atoms with Crippen LogP contribution in [-0.4, -0.2) is 40.3 Å². The molecule has 1 atom stereocenters. The van der Waals surface area contributed by atoms with E-state index in [1.165, 1.54) is 4.90 Å². The number of hydrogen-bond donors (Lipinski definition) is 1. The first-order chi connectivity index (χ1) is 7.72. The summed E-state index contributed by atoms with van der Waals surface area (Å²) in [5.41, 5.74) is 0.0597. The van der Waals surface area contributed by atoms with Gasteiger partial charge in [0.05, 0.1) is 0 Å². The third-order valence-electron chi connectivity index (χ3n) is 2.44. The van der Waals surface area contributed by atoms with E-state index < -0.39 is 23.7 Å². The fourth-order valence-corrected chi connectivity index (χ4v) is 1.76. The Bertz CT molecular complexity index is 354. The zero-order valence-electron chi connectivity index (χ0n) is 10.7. The second-order valence-electron chi connectivity index (χ2n) is 5.15. The van der Waals surface area contributed by atoms with E-state index in [1.807, 2.05) is 6.08 Å². The summed E-state index contributed by atoms with van der Waals surface area (Å²) >= 11 is 0. The lowest BCUT2D eigenvalue weighted by Gasteiger charge is -2.34. The van der Waals surface area contributed by atoms with Crippen molar-refractivity contribution < 1.29 is 19.4 Å². The normalized spacial score (nSPS) is 20.8. The van der Waals surface area contributed by atoms with Gasteiger partial charge in [0, 0.05) is 6.54 Å². The van der Waals surface area contributed by atoms with Crippen LogP contribution in [-0.2, 0) is 9.53 Å². The van der Waals surface area contributed by atoms with Crippen LogP contribution in [0.1, 0.15) is 34.1 Å². The van der Waals surface area contributed by atoms with Gasteiger partial charge in [0.25, 0.3) is 0 Å². The van der Waals surface area contributed by atoms with Crippen LogP contribution in [0.4, 0.5) is 4.79 Å². The Morgan fingerprint density at radius 1 is 1.47 bits per heavy atom. The van der Waals surface area contributed by atoms with E-state index in [-0.39, 0.29) is 0 Å². The smallest absolute Gasteiger partial charge is 0.411 e. The van der Waals surface area contributed by atoms with Gasteiger partial charge in [-0.05, 0) is 39.7 Å². The highest BCUT2D eigenvalue weighted by Gasteiger charge is 2.35. The van der Waals surface area contributed by atoms with Gasteiger partial charge >= 0.3 is 12.1 Å².